The molecule has 3 atom stereocenters. The van der Waals surface area contributed by atoms with Crippen molar-refractivity contribution in [1.29, 1.82) is 0 Å². The Bertz CT molecular complexity index is 713. The molecule has 1 N–H and O–H groups in total. The van der Waals surface area contributed by atoms with Gasteiger partial charge in [0.05, 0.1) is 6.04 Å². The zero-order valence-corrected chi connectivity index (χ0v) is 14.0. The van der Waals surface area contributed by atoms with Crippen LogP contribution in [0.3, 0.4) is 0 Å². The lowest BCUT2D eigenvalue weighted by Gasteiger charge is -2.28. The maximum atomic E-state index is 12.5. The van der Waals surface area contributed by atoms with Crippen LogP contribution in [0.2, 0.25) is 0 Å². The van der Waals surface area contributed by atoms with Crippen LogP contribution in [0.25, 0.3) is 11.1 Å². The second kappa shape index (κ2) is 6.27. The van der Waals surface area contributed by atoms with E-state index in [9.17, 15) is 4.79 Å². The summed E-state index contributed by atoms with van der Waals surface area (Å²) in [5.41, 5.74) is 3.37. The summed E-state index contributed by atoms with van der Waals surface area (Å²) in [5, 5.41) is 3.16. The van der Waals surface area contributed by atoms with Crippen LogP contribution in [0, 0.1) is 5.92 Å². The summed E-state index contributed by atoms with van der Waals surface area (Å²) in [7, 11) is 0. The molecule has 0 radical (unpaired) electrons. The molecular weight excluding hydrogens is 298 g/mol. The average Bonchev–Trinajstić information content (AvgIpc) is 3.26. The molecule has 2 aromatic rings. The van der Waals surface area contributed by atoms with Crippen LogP contribution in [-0.4, -0.2) is 28.5 Å². The normalized spacial score (nSPS) is 23.3. The molecule has 2 bridgehead atoms. The number of aromatic nitrogens is 1. The Morgan fingerprint density at radius 1 is 1.21 bits per heavy atom. The van der Waals surface area contributed by atoms with Crippen LogP contribution in [0.5, 0.6) is 0 Å². The van der Waals surface area contributed by atoms with Crippen molar-refractivity contribution in [2.45, 2.75) is 38.3 Å². The first-order chi connectivity index (χ1) is 11.7. The Hall–Kier alpha value is -2.36. The molecule has 1 aliphatic heterocycles. The third-order valence-electron chi connectivity index (χ3n) is 5.42. The largest absolute Gasteiger partial charge is 0.331 e. The van der Waals surface area contributed by atoms with E-state index in [-0.39, 0.29) is 12.1 Å². The summed E-state index contributed by atoms with van der Waals surface area (Å²) in [6, 6.07) is 12.9. The van der Waals surface area contributed by atoms with E-state index in [4.69, 9.17) is 0 Å². The number of urea groups is 1. The van der Waals surface area contributed by atoms with E-state index >= 15 is 0 Å². The number of carbonyl (C=O) groups excluding carboxylic acids is 1. The Labute approximate surface area is 142 Å². The number of likely N-dealkylation sites (tertiary alicyclic amines) is 1. The van der Waals surface area contributed by atoms with Crippen LogP contribution in [0.15, 0.2) is 48.8 Å². The number of amides is 2. The molecule has 124 valence electrons. The highest BCUT2D eigenvalue weighted by Crippen LogP contribution is 2.37. The number of benzene rings is 1. The van der Waals surface area contributed by atoms with Crippen LogP contribution in [0.1, 0.15) is 37.8 Å². The second-order valence-corrected chi connectivity index (χ2v) is 7.02. The van der Waals surface area contributed by atoms with Gasteiger partial charge in [0.15, 0.2) is 0 Å². The van der Waals surface area contributed by atoms with Crippen LogP contribution >= 0.6 is 0 Å². The number of rotatable bonds is 3. The molecule has 1 aromatic carbocycles. The van der Waals surface area contributed by atoms with Crippen molar-refractivity contribution in [3.8, 4) is 11.1 Å². The predicted molar refractivity (Wildman–Crippen MR) is 94.5 cm³/mol. The van der Waals surface area contributed by atoms with Gasteiger partial charge < -0.3 is 10.2 Å². The van der Waals surface area contributed by atoms with Crippen molar-refractivity contribution in [1.82, 2.24) is 15.2 Å². The number of carbonyl (C=O) groups is 1. The van der Waals surface area contributed by atoms with Crippen molar-refractivity contribution in [2.24, 2.45) is 5.92 Å². The van der Waals surface area contributed by atoms with Crippen LogP contribution in [0.4, 0.5) is 4.79 Å². The van der Waals surface area contributed by atoms with Crippen molar-refractivity contribution < 1.29 is 4.79 Å². The first kappa shape index (κ1) is 15.2. The van der Waals surface area contributed by atoms with Crippen molar-refractivity contribution in [3.63, 3.8) is 0 Å². The summed E-state index contributed by atoms with van der Waals surface area (Å²) in [6.45, 7) is 2.98. The highest BCUT2D eigenvalue weighted by Gasteiger charge is 2.40. The number of hydrogen-bond donors (Lipinski definition) is 1. The van der Waals surface area contributed by atoms with Gasteiger partial charge in [0, 0.05) is 25.0 Å². The van der Waals surface area contributed by atoms with Gasteiger partial charge in [-0.05, 0) is 54.9 Å². The maximum absolute atomic E-state index is 12.5. The van der Waals surface area contributed by atoms with E-state index in [1.807, 2.05) is 24.1 Å². The number of piperidine rings is 1. The van der Waals surface area contributed by atoms with Gasteiger partial charge >= 0.3 is 6.03 Å². The minimum atomic E-state index is 0.0135. The van der Waals surface area contributed by atoms with Gasteiger partial charge in [-0.1, -0.05) is 30.3 Å². The van der Waals surface area contributed by atoms with Gasteiger partial charge in [0.1, 0.15) is 0 Å². The minimum absolute atomic E-state index is 0.0135. The molecule has 2 fully saturated rings. The summed E-state index contributed by atoms with van der Waals surface area (Å²) < 4.78 is 0. The zero-order valence-electron chi connectivity index (χ0n) is 14.0. The Balaban J connectivity index is 1.41. The Morgan fingerprint density at radius 2 is 2.04 bits per heavy atom. The van der Waals surface area contributed by atoms with Crippen molar-refractivity contribution in [3.05, 3.63) is 54.4 Å². The monoisotopic (exact) mass is 321 g/mol. The van der Waals surface area contributed by atoms with Gasteiger partial charge in [-0.2, -0.15) is 0 Å². The Kier molecular flexibility index (Phi) is 3.97. The summed E-state index contributed by atoms with van der Waals surface area (Å²) in [6.07, 6.45) is 7.30. The lowest BCUT2D eigenvalue weighted by Crippen LogP contribution is -2.45. The molecule has 2 aliphatic rings. The third-order valence-corrected chi connectivity index (χ3v) is 5.42. The molecule has 1 aliphatic carbocycles. The molecule has 1 aromatic heterocycles. The first-order valence-corrected chi connectivity index (χ1v) is 8.78. The topological polar surface area (TPSA) is 45.2 Å². The highest BCUT2D eigenvalue weighted by molar-refractivity contribution is 5.75. The van der Waals surface area contributed by atoms with Gasteiger partial charge in [-0.15, -0.1) is 0 Å². The third kappa shape index (κ3) is 2.88. The SMILES string of the molecule is CC(NC(=O)N1CC2CCC1C2)c1ccc(-c2cccnc2)cc1. The van der Waals surface area contributed by atoms with Gasteiger partial charge in [-0.25, -0.2) is 4.79 Å². The number of hydrogen-bond acceptors (Lipinski definition) is 2. The van der Waals surface area contributed by atoms with Gasteiger partial charge in [0.25, 0.3) is 0 Å². The van der Waals surface area contributed by atoms with E-state index in [1.54, 1.807) is 6.20 Å². The molecule has 4 nitrogen and oxygen atoms in total. The fourth-order valence-corrected chi connectivity index (χ4v) is 4.02. The van der Waals surface area contributed by atoms with E-state index in [1.165, 1.54) is 19.3 Å². The standard InChI is InChI=1S/C20H23N3O/c1-14(22-20(24)23-13-15-4-9-19(23)11-15)16-5-7-17(8-6-16)18-3-2-10-21-12-18/h2-3,5-8,10,12,14-15,19H,4,9,11,13H2,1H3,(H,22,24). The van der Waals surface area contributed by atoms with Crippen LogP contribution < -0.4 is 5.32 Å². The first-order valence-electron chi connectivity index (χ1n) is 8.78. The summed E-state index contributed by atoms with van der Waals surface area (Å²) in [4.78, 5) is 18.7. The Morgan fingerprint density at radius 3 is 2.67 bits per heavy atom. The van der Waals surface area contributed by atoms with Crippen molar-refractivity contribution >= 4 is 6.03 Å². The molecule has 2 heterocycles. The molecule has 0 spiro atoms. The number of fused-ring (bicyclic) bond motifs is 2. The molecule has 1 saturated carbocycles. The van der Waals surface area contributed by atoms with E-state index < -0.39 is 0 Å². The van der Waals surface area contributed by atoms with Crippen LogP contribution in [-0.2, 0) is 0 Å². The molecule has 3 unspecified atom stereocenters. The lowest BCUT2D eigenvalue weighted by molar-refractivity contribution is 0.178. The quantitative estimate of drug-likeness (QED) is 0.928. The fourth-order valence-electron chi connectivity index (χ4n) is 4.02. The molecule has 24 heavy (non-hydrogen) atoms. The predicted octanol–water partition coefficient (Wildman–Crippen LogP) is 4.00. The minimum Gasteiger partial charge on any atom is -0.331 e. The second-order valence-electron chi connectivity index (χ2n) is 7.02. The van der Waals surface area contributed by atoms with Gasteiger partial charge in [0.2, 0.25) is 0 Å². The molecular formula is C20H23N3O. The number of nitrogens with one attached hydrogen (secondary N) is 1. The van der Waals surface area contributed by atoms with Gasteiger partial charge in [-0.3, -0.25) is 4.98 Å². The molecule has 1 saturated heterocycles. The smallest absolute Gasteiger partial charge is 0.318 e. The van der Waals surface area contributed by atoms with E-state index in [0.29, 0.717) is 6.04 Å². The molecule has 4 rings (SSSR count). The van der Waals surface area contributed by atoms with E-state index in [2.05, 4.69) is 40.6 Å². The number of nitrogens with zero attached hydrogens (tertiary/aromatic N) is 2. The van der Waals surface area contributed by atoms with Crippen molar-refractivity contribution in [2.75, 3.05) is 6.54 Å². The maximum Gasteiger partial charge on any atom is 0.318 e. The number of pyridine rings is 1. The highest BCUT2D eigenvalue weighted by atomic mass is 16.2. The molecule has 4 heteroatoms. The lowest BCUT2D eigenvalue weighted by atomic mass is 10.0. The summed E-state index contributed by atoms with van der Waals surface area (Å²) in [5.74, 6) is 0.731. The molecule has 2 amide bonds. The summed E-state index contributed by atoms with van der Waals surface area (Å²) >= 11 is 0. The fraction of sp³-hybridized carbons (Fsp3) is 0.400. The zero-order chi connectivity index (χ0) is 16.5. The average molecular weight is 321 g/mol. The van der Waals surface area contributed by atoms with E-state index in [0.717, 1.165) is 29.2 Å².